The molecule has 0 bridgehead atoms. The van der Waals surface area contributed by atoms with Crippen LogP contribution < -0.4 is 10.6 Å². The summed E-state index contributed by atoms with van der Waals surface area (Å²) in [7, 11) is 0. The van der Waals surface area contributed by atoms with Gasteiger partial charge in [-0.1, -0.05) is 32.9 Å². The summed E-state index contributed by atoms with van der Waals surface area (Å²) < 4.78 is 5.32. The van der Waals surface area contributed by atoms with E-state index in [1.807, 2.05) is 25.1 Å². The molecular formula is C20H24N4O. The Labute approximate surface area is 148 Å². The van der Waals surface area contributed by atoms with Crippen molar-refractivity contribution in [2.75, 3.05) is 10.6 Å². The van der Waals surface area contributed by atoms with Gasteiger partial charge in [0.05, 0.1) is 12.8 Å². The van der Waals surface area contributed by atoms with Crippen molar-refractivity contribution in [3.63, 3.8) is 0 Å². The van der Waals surface area contributed by atoms with Crippen molar-refractivity contribution in [1.29, 1.82) is 0 Å². The van der Waals surface area contributed by atoms with Gasteiger partial charge in [-0.25, -0.2) is 4.98 Å². The van der Waals surface area contributed by atoms with Crippen LogP contribution in [0.5, 0.6) is 0 Å². The largest absolute Gasteiger partial charge is 0.467 e. The van der Waals surface area contributed by atoms with Gasteiger partial charge < -0.3 is 15.1 Å². The molecule has 2 N–H and O–H groups in total. The Kier molecular flexibility index (Phi) is 4.74. The fourth-order valence-electron chi connectivity index (χ4n) is 2.49. The minimum atomic E-state index is 0.146. The van der Waals surface area contributed by atoms with Crippen molar-refractivity contribution in [3.05, 3.63) is 65.7 Å². The third-order valence-corrected chi connectivity index (χ3v) is 3.88. The molecule has 0 unspecified atom stereocenters. The van der Waals surface area contributed by atoms with Crippen LogP contribution in [0.4, 0.5) is 17.5 Å². The smallest absolute Gasteiger partial charge is 0.225 e. The number of benzene rings is 1. The van der Waals surface area contributed by atoms with E-state index in [-0.39, 0.29) is 5.41 Å². The van der Waals surface area contributed by atoms with E-state index < -0.39 is 0 Å². The second-order valence-electron chi connectivity index (χ2n) is 7.10. The number of nitrogens with one attached hydrogen (secondary N) is 2. The number of hydrogen-bond donors (Lipinski definition) is 2. The highest BCUT2D eigenvalue weighted by molar-refractivity contribution is 5.58. The van der Waals surface area contributed by atoms with Gasteiger partial charge in [0.2, 0.25) is 5.95 Å². The minimum Gasteiger partial charge on any atom is -0.467 e. The highest BCUT2D eigenvalue weighted by Crippen LogP contribution is 2.25. The molecule has 0 spiro atoms. The van der Waals surface area contributed by atoms with Crippen LogP contribution in [0.25, 0.3) is 0 Å². The van der Waals surface area contributed by atoms with Crippen LogP contribution in [0.3, 0.4) is 0 Å². The first-order valence-corrected chi connectivity index (χ1v) is 8.40. The lowest BCUT2D eigenvalue weighted by molar-refractivity contribution is 0.517. The number of nitrogens with zero attached hydrogens (tertiary/aromatic N) is 2. The van der Waals surface area contributed by atoms with Gasteiger partial charge in [0.1, 0.15) is 11.6 Å². The third kappa shape index (κ3) is 4.59. The molecule has 0 saturated carbocycles. The van der Waals surface area contributed by atoms with E-state index in [9.17, 15) is 0 Å². The van der Waals surface area contributed by atoms with Crippen LogP contribution in [0, 0.1) is 6.92 Å². The first kappa shape index (κ1) is 17.0. The fraction of sp³-hybridized carbons (Fsp3) is 0.300. The minimum absolute atomic E-state index is 0.146. The van der Waals surface area contributed by atoms with Gasteiger partial charge in [-0.05, 0) is 42.2 Å². The average molecular weight is 336 g/mol. The number of rotatable bonds is 5. The fourth-order valence-corrected chi connectivity index (χ4v) is 2.49. The molecule has 2 heterocycles. The van der Waals surface area contributed by atoms with E-state index in [1.165, 1.54) is 5.56 Å². The van der Waals surface area contributed by atoms with E-state index in [0.29, 0.717) is 12.5 Å². The standard InChI is InChI=1S/C20H24N4O/c1-14-12-18(23-16-9-7-15(8-10-16)20(2,3)4)24-19(22-14)21-13-17-6-5-11-25-17/h5-12H,13H2,1-4H3,(H2,21,22,23,24). The van der Waals surface area contributed by atoms with Crippen molar-refractivity contribution in [2.45, 2.75) is 39.7 Å². The van der Waals surface area contributed by atoms with Crippen LogP contribution in [0.15, 0.2) is 53.1 Å². The summed E-state index contributed by atoms with van der Waals surface area (Å²) in [6.45, 7) is 9.13. The van der Waals surface area contributed by atoms with Gasteiger partial charge >= 0.3 is 0 Å². The molecule has 5 nitrogen and oxygen atoms in total. The molecule has 1 aromatic carbocycles. The summed E-state index contributed by atoms with van der Waals surface area (Å²) in [4.78, 5) is 8.94. The molecule has 25 heavy (non-hydrogen) atoms. The lowest BCUT2D eigenvalue weighted by Gasteiger charge is -2.19. The van der Waals surface area contributed by atoms with Crippen molar-refractivity contribution in [3.8, 4) is 0 Å². The molecule has 0 aliphatic heterocycles. The zero-order valence-electron chi connectivity index (χ0n) is 15.1. The van der Waals surface area contributed by atoms with Crippen LogP contribution >= 0.6 is 0 Å². The summed E-state index contributed by atoms with van der Waals surface area (Å²) in [5.41, 5.74) is 3.35. The first-order chi connectivity index (χ1) is 11.9. The first-order valence-electron chi connectivity index (χ1n) is 8.40. The van der Waals surface area contributed by atoms with Gasteiger partial charge in [-0.2, -0.15) is 4.98 Å². The Balaban J connectivity index is 1.71. The second kappa shape index (κ2) is 6.97. The van der Waals surface area contributed by atoms with Crippen LogP contribution in [0.2, 0.25) is 0 Å². The molecule has 0 atom stereocenters. The predicted octanol–water partition coefficient (Wildman–Crippen LogP) is 5.03. The molecule has 3 aromatic rings. The average Bonchev–Trinajstić information content (AvgIpc) is 3.05. The van der Waals surface area contributed by atoms with Gasteiger partial charge in [-0.3, -0.25) is 0 Å². The van der Waals surface area contributed by atoms with Gasteiger partial charge in [0.15, 0.2) is 0 Å². The van der Waals surface area contributed by atoms with E-state index in [4.69, 9.17) is 4.42 Å². The Hall–Kier alpha value is -2.82. The van der Waals surface area contributed by atoms with Gasteiger partial charge in [0.25, 0.3) is 0 Å². The van der Waals surface area contributed by atoms with Gasteiger partial charge in [-0.15, -0.1) is 0 Å². The summed E-state index contributed by atoms with van der Waals surface area (Å²) in [5.74, 6) is 2.18. The molecule has 0 saturated heterocycles. The molecular weight excluding hydrogens is 312 g/mol. The molecule has 0 aliphatic rings. The SMILES string of the molecule is Cc1cc(Nc2ccc(C(C)(C)C)cc2)nc(NCc2ccco2)n1. The number of hydrogen-bond acceptors (Lipinski definition) is 5. The Morgan fingerprint density at radius 2 is 1.80 bits per heavy atom. The molecule has 5 heteroatoms. The Bertz CT molecular complexity index is 818. The predicted molar refractivity (Wildman–Crippen MR) is 101 cm³/mol. The second-order valence-corrected chi connectivity index (χ2v) is 7.10. The normalized spacial score (nSPS) is 11.4. The molecule has 2 aromatic heterocycles. The lowest BCUT2D eigenvalue weighted by Crippen LogP contribution is -2.10. The van der Waals surface area contributed by atoms with E-state index in [0.717, 1.165) is 23.0 Å². The zero-order chi connectivity index (χ0) is 17.9. The summed E-state index contributed by atoms with van der Waals surface area (Å²) in [5, 5.41) is 6.53. The Morgan fingerprint density at radius 1 is 1.04 bits per heavy atom. The summed E-state index contributed by atoms with van der Waals surface area (Å²) >= 11 is 0. The number of anilines is 3. The number of furan rings is 1. The van der Waals surface area contributed by atoms with E-state index in [1.54, 1.807) is 6.26 Å². The topological polar surface area (TPSA) is 63.0 Å². The summed E-state index contributed by atoms with van der Waals surface area (Å²) in [6, 6.07) is 14.2. The maximum absolute atomic E-state index is 5.32. The lowest BCUT2D eigenvalue weighted by atomic mass is 9.87. The monoisotopic (exact) mass is 336 g/mol. The molecule has 3 rings (SSSR count). The molecule has 0 radical (unpaired) electrons. The highest BCUT2D eigenvalue weighted by atomic mass is 16.3. The van der Waals surface area contributed by atoms with Crippen molar-refractivity contribution in [2.24, 2.45) is 0 Å². The highest BCUT2D eigenvalue weighted by Gasteiger charge is 2.13. The molecule has 130 valence electrons. The number of aryl methyl sites for hydroxylation is 1. The van der Waals surface area contributed by atoms with Crippen LogP contribution in [-0.4, -0.2) is 9.97 Å². The van der Waals surface area contributed by atoms with Crippen LogP contribution in [0.1, 0.15) is 37.8 Å². The maximum atomic E-state index is 5.32. The zero-order valence-corrected chi connectivity index (χ0v) is 15.1. The van der Waals surface area contributed by atoms with Crippen molar-refractivity contribution < 1.29 is 4.42 Å². The number of aromatic nitrogens is 2. The van der Waals surface area contributed by atoms with Crippen molar-refractivity contribution in [1.82, 2.24) is 9.97 Å². The van der Waals surface area contributed by atoms with Gasteiger partial charge in [0, 0.05) is 17.4 Å². The quantitative estimate of drug-likeness (QED) is 0.684. The maximum Gasteiger partial charge on any atom is 0.225 e. The summed E-state index contributed by atoms with van der Waals surface area (Å²) in [6.07, 6.45) is 1.66. The molecule has 0 amide bonds. The third-order valence-electron chi connectivity index (χ3n) is 3.88. The van der Waals surface area contributed by atoms with Crippen LogP contribution in [-0.2, 0) is 12.0 Å². The van der Waals surface area contributed by atoms with E-state index in [2.05, 4.69) is 65.6 Å². The Morgan fingerprint density at radius 3 is 2.44 bits per heavy atom. The van der Waals surface area contributed by atoms with E-state index >= 15 is 0 Å². The molecule has 0 aliphatic carbocycles. The van der Waals surface area contributed by atoms with Crippen molar-refractivity contribution >= 4 is 17.5 Å². The molecule has 0 fully saturated rings.